The van der Waals surface area contributed by atoms with Crippen molar-refractivity contribution in [2.75, 3.05) is 19.8 Å². The largest absolute Gasteiger partial charge is 0.493 e. The van der Waals surface area contributed by atoms with Gasteiger partial charge in [-0.05, 0) is 19.1 Å². The molecule has 0 aromatic heterocycles. The third-order valence-corrected chi connectivity index (χ3v) is 2.20. The molecule has 0 atom stereocenters. The van der Waals surface area contributed by atoms with E-state index >= 15 is 0 Å². The maximum absolute atomic E-state index is 11.4. The van der Waals surface area contributed by atoms with Crippen LogP contribution in [0.25, 0.3) is 0 Å². The molecule has 0 aliphatic rings. The number of ether oxygens (including phenoxy) is 3. The van der Waals surface area contributed by atoms with Crippen LogP contribution in [0, 0.1) is 0 Å². The van der Waals surface area contributed by atoms with Gasteiger partial charge in [-0.25, -0.2) is 4.79 Å². The molecule has 0 aliphatic carbocycles. The van der Waals surface area contributed by atoms with Gasteiger partial charge in [-0.15, -0.1) is 0 Å². The molecular weight excluding hydrogens is 278 g/mol. The van der Waals surface area contributed by atoms with Crippen molar-refractivity contribution in [3.8, 4) is 5.75 Å². The van der Waals surface area contributed by atoms with Crippen LogP contribution >= 0.6 is 0 Å². The van der Waals surface area contributed by atoms with Crippen molar-refractivity contribution in [1.29, 1.82) is 0 Å². The zero-order chi connectivity index (χ0) is 15.5. The summed E-state index contributed by atoms with van der Waals surface area (Å²) in [5.41, 5.74) is 0. The highest BCUT2D eigenvalue weighted by molar-refractivity contribution is 5.93. The predicted octanol–water partition coefficient (Wildman–Crippen LogP) is 1.27. The number of amides is 2. The fraction of sp³-hybridized carbons (Fsp3) is 0.357. The standard InChI is InChI=1S/C14H17NO6/c1-2-19-14(18)15-12(16)10-21-13(17)8-9-20-11-6-4-3-5-7-11/h3-7H,2,8-10H2,1H3,(H,15,16,18). The van der Waals surface area contributed by atoms with Crippen LogP contribution in [-0.2, 0) is 19.1 Å². The molecule has 0 radical (unpaired) electrons. The zero-order valence-corrected chi connectivity index (χ0v) is 11.7. The summed E-state index contributed by atoms with van der Waals surface area (Å²) in [6, 6.07) is 9.00. The van der Waals surface area contributed by atoms with Gasteiger partial charge >= 0.3 is 12.1 Å². The van der Waals surface area contributed by atoms with Crippen LogP contribution in [0.15, 0.2) is 30.3 Å². The molecule has 7 heteroatoms. The lowest BCUT2D eigenvalue weighted by Crippen LogP contribution is -2.34. The van der Waals surface area contributed by atoms with Gasteiger partial charge < -0.3 is 14.2 Å². The highest BCUT2D eigenvalue weighted by atomic mass is 16.6. The summed E-state index contributed by atoms with van der Waals surface area (Å²) in [5, 5.41) is 1.91. The zero-order valence-electron chi connectivity index (χ0n) is 11.7. The van der Waals surface area contributed by atoms with Crippen LogP contribution in [-0.4, -0.2) is 37.8 Å². The summed E-state index contributed by atoms with van der Waals surface area (Å²) >= 11 is 0. The smallest absolute Gasteiger partial charge is 0.413 e. The van der Waals surface area contributed by atoms with Gasteiger partial charge in [0.25, 0.3) is 5.91 Å². The molecule has 0 spiro atoms. The molecule has 0 saturated heterocycles. The summed E-state index contributed by atoms with van der Waals surface area (Å²) in [5.74, 6) is -0.693. The van der Waals surface area contributed by atoms with Gasteiger partial charge in [-0.3, -0.25) is 14.9 Å². The molecule has 1 aromatic carbocycles. The molecular formula is C14H17NO6. The van der Waals surface area contributed by atoms with E-state index in [-0.39, 0.29) is 19.6 Å². The maximum Gasteiger partial charge on any atom is 0.413 e. The van der Waals surface area contributed by atoms with E-state index < -0.39 is 24.6 Å². The molecule has 1 aromatic rings. The number of benzene rings is 1. The van der Waals surface area contributed by atoms with E-state index in [2.05, 4.69) is 9.47 Å². The quantitative estimate of drug-likeness (QED) is 0.762. The first kappa shape index (κ1) is 16.5. The Hall–Kier alpha value is -2.57. The van der Waals surface area contributed by atoms with Crippen molar-refractivity contribution in [1.82, 2.24) is 5.32 Å². The number of nitrogens with one attached hydrogen (secondary N) is 1. The Kier molecular flexibility index (Phi) is 7.34. The van der Waals surface area contributed by atoms with Gasteiger partial charge in [0.2, 0.25) is 0 Å². The fourth-order valence-corrected chi connectivity index (χ4v) is 1.30. The van der Waals surface area contributed by atoms with Crippen LogP contribution in [0.5, 0.6) is 5.75 Å². The van der Waals surface area contributed by atoms with Crippen molar-refractivity contribution >= 4 is 18.0 Å². The molecule has 0 unspecified atom stereocenters. The van der Waals surface area contributed by atoms with Crippen molar-refractivity contribution < 1.29 is 28.6 Å². The second-order valence-electron chi connectivity index (χ2n) is 3.84. The lowest BCUT2D eigenvalue weighted by molar-refractivity contribution is -0.148. The van der Waals surface area contributed by atoms with E-state index in [1.807, 2.05) is 23.5 Å². The molecule has 7 nitrogen and oxygen atoms in total. The number of esters is 1. The Morgan fingerprint density at radius 1 is 1.10 bits per heavy atom. The molecule has 0 heterocycles. The summed E-state index contributed by atoms with van der Waals surface area (Å²) in [7, 11) is 0. The number of para-hydroxylation sites is 1. The second kappa shape index (κ2) is 9.35. The third-order valence-electron chi connectivity index (χ3n) is 2.20. The van der Waals surface area contributed by atoms with Gasteiger partial charge in [0.15, 0.2) is 6.61 Å². The van der Waals surface area contributed by atoms with Gasteiger partial charge in [0.05, 0.1) is 19.6 Å². The molecule has 2 amide bonds. The lowest BCUT2D eigenvalue weighted by Gasteiger charge is -2.07. The Morgan fingerprint density at radius 2 is 1.81 bits per heavy atom. The first-order chi connectivity index (χ1) is 10.1. The summed E-state index contributed by atoms with van der Waals surface area (Å²) < 4.78 is 14.5. The van der Waals surface area contributed by atoms with Crippen LogP contribution in [0.4, 0.5) is 4.79 Å². The topological polar surface area (TPSA) is 90.9 Å². The number of hydrogen-bond donors (Lipinski definition) is 1. The Morgan fingerprint density at radius 3 is 2.48 bits per heavy atom. The number of imide groups is 1. The summed E-state index contributed by atoms with van der Waals surface area (Å²) in [6.07, 6.45) is -0.868. The fourth-order valence-electron chi connectivity index (χ4n) is 1.30. The van der Waals surface area contributed by atoms with E-state index in [0.29, 0.717) is 5.75 Å². The van der Waals surface area contributed by atoms with E-state index in [1.54, 1.807) is 19.1 Å². The second-order valence-corrected chi connectivity index (χ2v) is 3.84. The molecule has 0 fully saturated rings. The molecule has 1 N–H and O–H groups in total. The van der Waals surface area contributed by atoms with Crippen molar-refractivity contribution in [3.63, 3.8) is 0 Å². The van der Waals surface area contributed by atoms with Gasteiger partial charge in [0.1, 0.15) is 5.75 Å². The van der Waals surface area contributed by atoms with Gasteiger partial charge in [-0.2, -0.15) is 0 Å². The monoisotopic (exact) mass is 295 g/mol. The first-order valence-electron chi connectivity index (χ1n) is 6.42. The first-order valence-corrected chi connectivity index (χ1v) is 6.42. The Balaban J connectivity index is 2.13. The highest BCUT2D eigenvalue weighted by Gasteiger charge is 2.11. The van der Waals surface area contributed by atoms with Crippen LogP contribution < -0.4 is 10.1 Å². The van der Waals surface area contributed by atoms with Crippen molar-refractivity contribution in [2.45, 2.75) is 13.3 Å². The van der Waals surface area contributed by atoms with Crippen LogP contribution in [0.2, 0.25) is 0 Å². The highest BCUT2D eigenvalue weighted by Crippen LogP contribution is 2.08. The number of alkyl carbamates (subject to hydrolysis) is 1. The van der Waals surface area contributed by atoms with Gasteiger partial charge in [0, 0.05) is 0 Å². The Bertz CT molecular complexity index is 474. The minimum absolute atomic E-state index is 0.00157. The predicted molar refractivity (Wildman–Crippen MR) is 72.7 cm³/mol. The van der Waals surface area contributed by atoms with Crippen LogP contribution in [0.3, 0.4) is 0 Å². The number of rotatable bonds is 7. The summed E-state index contributed by atoms with van der Waals surface area (Å²) in [6.45, 7) is 1.36. The Labute approximate surface area is 122 Å². The maximum atomic E-state index is 11.4. The average Bonchev–Trinajstić information content (AvgIpc) is 2.46. The molecule has 0 saturated carbocycles. The summed E-state index contributed by atoms with van der Waals surface area (Å²) in [4.78, 5) is 33.5. The van der Waals surface area contributed by atoms with Crippen molar-refractivity contribution in [3.05, 3.63) is 30.3 Å². The van der Waals surface area contributed by atoms with Gasteiger partial charge in [-0.1, -0.05) is 18.2 Å². The third kappa shape index (κ3) is 7.56. The number of carbonyl (C=O) groups excluding carboxylic acids is 3. The van der Waals surface area contributed by atoms with E-state index in [1.165, 1.54) is 0 Å². The van der Waals surface area contributed by atoms with E-state index in [4.69, 9.17) is 4.74 Å². The SMILES string of the molecule is CCOC(=O)NC(=O)COC(=O)CCOc1ccccc1. The normalized spacial score (nSPS) is 9.57. The van der Waals surface area contributed by atoms with Crippen molar-refractivity contribution in [2.24, 2.45) is 0 Å². The minimum atomic E-state index is -0.869. The lowest BCUT2D eigenvalue weighted by atomic mass is 10.3. The van der Waals surface area contributed by atoms with E-state index in [9.17, 15) is 14.4 Å². The molecule has 1 rings (SSSR count). The minimum Gasteiger partial charge on any atom is -0.493 e. The average molecular weight is 295 g/mol. The number of hydrogen-bond acceptors (Lipinski definition) is 6. The van der Waals surface area contributed by atoms with Crippen LogP contribution in [0.1, 0.15) is 13.3 Å². The van der Waals surface area contributed by atoms with E-state index in [0.717, 1.165) is 0 Å². The molecule has 0 bridgehead atoms. The number of carbonyl (C=O) groups is 3. The molecule has 0 aliphatic heterocycles. The molecule has 21 heavy (non-hydrogen) atoms. The molecule has 114 valence electrons.